The van der Waals surface area contributed by atoms with Crippen LogP contribution in [-0.2, 0) is 24.1 Å². The normalized spacial score (nSPS) is 16.0. The van der Waals surface area contributed by atoms with Gasteiger partial charge in [-0.3, -0.25) is 14.5 Å². The molecule has 12 heteroatoms. The molecule has 0 bridgehead atoms. The quantitative estimate of drug-likeness (QED) is 0.342. The largest absolute Gasteiger partial charge is 0.490 e. The zero-order valence-corrected chi connectivity index (χ0v) is 23.1. The molecule has 1 aliphatic carbocycles. The van der Waals surface area contributed by atoms with Gasteiger partial charge in [0.15, 0.2) is 0 Å². The lowest BCUT2D eigenvalue weighted by atomic mass is 10.0. The second-order valence-electron chi connectivity index (χ2n) is 10.7. The Labute approximate surface area is 244 Å². The third-order valence-corrected chi connectivity index (χ3v) is 7.91. The van der Waals surface area contributed by atoms with E-state index in [9.17, 15) is 27.2 Å². The van der Waals surface area contributed by atoms with Gasteiger partial charge >= 0.3 is 12.1 Å². The zero-order valence-electron chi connectivity index (χ0n) is 23.1. The molecule has 0 radical (unpaired) electrons. The van der Waals surface area contributed by atoms with E-state index in [1.54, 1.807) is 29.3 Å². The molecule has 0 saturated carbocycles. The highest BCUT2D eigenvalue weighted by Gasteiger charge is 2.38. The summed E-state index contributed by atoms with van der Waals surface area (Å²) in [6, 6.07) is 17.4. The van der Waals surface area contributed by atoms with Crippen molar-refractivity contribution in [2.24, 2.45) is 0 Å². The van der Waals surface area contributed by atoms with Crippen LogP contribution in [-0.4, -0.2) is 74.6 Å². The van der Waals surface area contributed by atoms with Gasteiger partial charge in [0.25, 0.3) is 11.5 Å². The molecule has 1 fully saturated rings. The van der Waals surface area contributed by atoms with E-state index in [0.29, 0.717) is 31.1 Å². The summed E-state index contributed by atoms with van der Waals surface area (Å²) in [5.74, 6) is -3.50. The number of aliphatic carboxylic acids is 1. The van der Waals surface area contributed by atoms with Crippen LogP contribution in [0.2, 0.25) is 0 Å². The summed E-state index contributed by atoms with van der Waals surface area (Å²) in [6.45, 7) is 2.97. The first-order chi connectivity index (χ1) is 20.5. The molecule has 3 heterocycles. The Bertz CT molecular complexity index is 1670. The van der Waals surface area contributed by atoms with Crippen LogP contribution in [0, 0.1) is 5.82 Å². The van der Waals surface area contributed by atoms with Gasteiger partial charge < -0.3 is 19.4 Å². The molecule has 2 aromatic carbocycles. The number of carbonyl (C=O) groups excluding carboxylic acids is 1. The molecule has 2 N–H and O–H groups in total. The number of fused-ring (bicyclic) bond motifs is 2. The van der Waals surface area contributed by atoms with Gasteiger partial charge in [0.05, 0.1) is 5.56 Å². The van der Waals surface area contributed by atoms with E-state index in [0.717, 1.165) is 43.6 Å². The van der Waals surface area contributed by atoms with E-state index in [1.807, 2.05) is 16.7 Å². The lowest BCUT2D eigenvalue weighted by Gasteiger charge is -2.27. The van der Waals surface area contributed by atoms with Gasteiger partial charge in [0, 0.05) is 56.7 Å². The molecule has 1 saturated heterocycles. The number of nitrogens with zero attached hydrogens (tertiary/aromatic N) is 3. The number of carbonyl (C=O) groups is 2. The number of carboxylic acid groups (broad SMARTS) is 1. The first kappa shape index (κ1) is 30.0. The first-order valence-electron chi connectivity index (χ1n) is 13.9. The summed E-state index contributed by atoms with van der Waals surface area (Å²) < 4.78 is 48.4. The topological polar surface area (TPSA) is 98.1 Å². The molecule has 0 unspecified atom stereocenters. The van der Waals surface area contributed by atoms with Crippen LogP contribution >= 0.6 is 0 Å². The molecule has 8 nitrogen and oxygen atoms in total. The van der Waals surface area contributed by atoms with Gasteiger partial charge in [-0.15, -0.1) is 0 Å². The van der Waals surface area contributed by atoms with Crippen LogP contribution in [0.4, 0.5) is 17.6 Å². The van der Waals surface area contributed by atoms with Crippen LogP contribution in [0.15, 0.2) is 71.8 Å². The molecule has 6 rings (SSSR count). The summed E-state index contributed by atoms with van der Waals surface area (Å²) in [7, 11) is 0. The second kappa shape index (κ2) is 12.4. The Morgan fingerprint density at radius 1 is 0.953 bits per heavy atom. The summed E-state index contributed by atoms with van der Waals surface area (Å²) in [4.78, 5) is 41.4. The third-order valence-electron chi connectivity index (χ3n) is 7.91. The van der Waals surface area contributed by atoms with Crippen molar-refractivity contribution in [2.75, 3.05) is 26.2 Å². The molecule has 2 aliphatic rings. The van der Waals surface area contributed by atoms with Gasteiger partial charge in [0.1, 0.15) is 11.3 Å². The predicted molar refractivity (Wildman–Crippen MR) is 151 cm³/mol. The highest BCUT2D eigenvalue weighted by Crippen LogP contribution is 2.26. The molecule has 2 aromatic heterocycles. The minimum atomic E-state index is -5.08. The molecule has 4 aromatic rings. The summed E-state index contributed by atoms with van der Waals surface area (Å²) in [5, 5.41) is 7.12. The summed E-state index contributed by atoms with van der Waals surface area (Å²) >= 11 is 0. The number of aromatic nitrogens is 2. The van der Waals surface area contributed by atoms with E-state index in [1.165, 1.54) is 17.2 Å². The van der Waals surface area contributed by atoms with Crippen molar-refractivity contribution in [1.29, 1.82) is 0 Å². The SMILES string of the molecule is O=C(O)C(F)(F)F.O=C(c1cc(Cc2c[nH]c(=O)c3cccn23)ccc1F)N1CCCN(C2Cc3ccccc3C2)CC1. The van der Waals surface area contributed by atoms with E-state index < -0.39 is 18.0 Å². The number of rotatable bonds is 4. The third kappa shape index (κ3) is 6.80. The minimum Gasteiger partial charge on any atom is -0.475 e. The number of halogens is 4. The average Bonchev–Trinajstić information content (AvgIpc) is 3.57. The van der Waals surface area contributed by atoms with Crippen molar-refractivity contribution in [3.05, 3.63) is 111 Å². The monoisotopic (exact) mass is 598 g/mol. The van der Waals surface area contributed by atoms with Crippen molar-refractivity contribution < 1.29 is 32.3 Å². The number of alkyl halides is 3. The van der Waals surface area contributed by atoms with Gasteiger partial charge in [-0.05, 0) is 60.2 Å². The van der Waals surface area contributed by atoms with Gasteiger partial charge in [-0.25, -0.2) is 9.18 Å². The number of hydrogen-bond acceptors (Lipinski definition) is 4. The maximum Gasteiger partial charge on any atom is 0.490 e. The molecular weight excluding hydrogens is 568 g/mol. The van der Waals surface area contributed by atoms with Crippen LogP contribution in [0.1, 0.15) is 39.2 Å². The number of H-pyrrole nitrogens is 1. The highest BCUT2D eigenvalue weighted by molar-refractivity contribution is 5.94. The Hall–Kier alpha value is -4.45. The van der Waals surface area contributed by atoms with Gasteiger partial charge in [-0.1, -0.05) is 30.3 Å². The van der Waals surface area contributed by atoms with E-state index in [2.05, 4.69) is 34.1 Å². The van der Waals surface area contributed by atoms with Crippen molar-refractivity contribution >= 4 is 17.4 Å². The Balaban J connectivity index is 0.000000472. The molecule has 1 amide bonds. The molecule has 0 atom stereocenters. The van der Waals surface area contributed by atoms with Crippen LogP contribution in [0.25, 0.3) is 5.52 Å². The number of amides is 1. The fourth-order valence-corrected chi connectivity index (χ4v) is 5.77. The molecule has 226 valence electrons. The van der Waals surface area contributed by atoms with Crippen molar-refractivity contribution in [1.82, 2.24) is 19.2 Å². The number of nitrogens with one attached hydrogen (secondary N) is 1. The number of carboxylic acids is 1. The number of benzene rings is 2. The highest BCUT2D eigenvalue weighted by atomic mass is 19.4. The Kier molecular flexibility index (Phi) is 8.67. The second-order valence-corrected chi connectivity index (χ2v) is 10.7. The zero-order chi connectivity index (χ0) is 30.7. The van der Waals surface area contributed by atoms with Crippen LogP contribution < -0.4 is 5.56 Å². The van der Waals surface area contributed by atoms with Crippen molar-refractivity contribution in [2.45, 2.75) is 37.9 Å². The summed E-state index contributed by atoms with van der Waals surface area (Å²) in [6.07, 6.45) is 1.88. The molecular formula is C31H30F4N4O4. The molecule has 0 spiro atoms. The fourth-order valence-electron chi connectivity index (χ4n) is 5.77. The van der Waals surface area contributed by atoms with E-state index in [-0.39, 0.29) is 17.0 Å². The minimum absolute atomic E-state index is 0.113. The smallest absolute Gasteiger partial charge is 0.475 e. The van der Waals surface area contributed by atoms with Gasteiger partial charge in [-0.2, -0.15) is 13.2 Å². The van der Waals surface area contributed by atoms with Crippen molar-refractivity contribution in [3.8, 4) is 0 Å². The standard InChI is InChI=1S/C29H29FN4O2.C2HF3O2/c30-26-9-8-20(15-24-19-31-28(35)27-7-3-12-34(24)27)16-25(26)29(36)33-11-4-10-32(13-14-33)23-17-21-5-1-2-6-22(21)18-23;3-2(4,5)1(6)7/h1-3,5-9,12,16,19,23H,4,10-11,13-15,17-18H2,(H,31,35);(H,6,7). The maximum absolute atomic E-state index is 14.8. The van der Waals surface area contributed by atoms with E-state index in [4.69, 9.17) is 9.90 Å². The number of aromatic amines is 1. The van der Waals surface area contributed by atoms with Crippen LogP contribution in [0.5, 0.6) is 0 Å². The maximum atomic E-state index is 14.8. The number of hydrogen-bond donors (Lipinski definition) is 2. The summed E-state index contributed by atoms with van der Waals surface area (Å²) in [5.41, 5.74) is 5.06. The lowest BCUT2D eigenvalue weighted by molar-refractivity contribution is -0.192. The Morgan fingerprint density at radius 2 is 1.65 bits per heavy atom. The predicted octanol–water partition coefficient (Wildman–Crippen LogP) is 4.31. The fraction of sp³-hybridized carbons (Fsp3) is 0.323. The van der Waals surface area contributed by atoms with E-state index >= 15 is 0 Å². The lowest BCUT2D eigenvalue weighted by Crippen LogP contribution is -2.40. The molecule has 1 aliphatic heterocycles. The molecule has 43 heavy (non-hydrogen) atoms. The average molecular weight is 599 g/mol. The Morgan fingerprint density at radius 3 is 2.33 bits per heavy atom. The van der Waals surface area contributed by atoms with Crippen LogP contribution in [0.3, 0.4) is 0 Å². The van der Waals surface area contributed by atoms with Gasteiger partial charge in [0.2, 0.25) is 0 Å². The van der Waals surface area contributed by atoms with Crippen molar-refractivity contribution in [3.63, 3.8) is 0 Å². The first-order valence-corrected chi connectivity index (χ1v) is 13.9.